The van der Waals surface area contributed by atoms with Crippen LogP contribution in [0.3, 0.4) is 0 Å². The number of aryl methyl sites for hydroxylation is 1. The van der Waals surface area contributed by atoms with Gasteiger partial charge in [0.2, 0.25) is 0 Å². The number of rotatable bonds is 2. The van der Waals surface area contributed by atoms with E-state index in [2.05, 4.69) is 28.2 Å². The third-order valence-electron chi connectivity index (χ3n) is 4.31. The maximum absolute atomic E-state index is 12.6. The Morgan fingerprint density at radius 2 is 2.37 bits per heavy atom. The average Bonchev–Trinajstić information content (AvgIpc) is 3.00. The van der Waals surface area contributed by atoms with Gasteiger partial charge in [0.05, 0.1) is 0 Å². The first-order valence-electron chi connectivity index (χ1n) is 7.07. The van der Waals surface area contributed by atoms with Crippen LogP contribution in [0.5, 0.6) is 0 Å². The molecule has 3 heterocycles. The van der Waals surface area contributed by atoms with Crippen molar-refractivity contribution in [1.82, 2.24) is 14.8 Å². The molecule has 2 aliphatic rings. The van der Waals surface area contributed by atoms with Crippen molar-refractivity contribution in [3.8, 4) is 0 Å². The zero-order valence-electron chi connectivity index (χ0n) is 11.2. The van der Waals surface area contributed by atoms with Crippen molar-refractivity contribution in [1.29, 1.82) is 0 Å². The van der Waals surface area contributed by atoms with Crippen molar-refractivity contribution in [2.45, 2.75) is 32.4 Å². The van der Waals surface area contributed by atoms with E-state index in [-0.39, 0.29) is 5.91 Å². The summed E-state index contributed by atoms with van der Waals surface area (Å²) in [5.74, 6) is 0.815. The molecule has 104 valence electrons. The van der Waals surface area contributed by atoms with E-state index < -0.39 is 0 Å². The molecule has 2 atom stereocenters. The molecule has 0 bridgehead atoms. The van der Waals surface area contributed by atoms with E-state index in [4.69, 9.17) is 0 Å². The molecule has 2 saturated heterocycles. The summed E-state index contributed by atoms with van der Waals surface area (Å²) in [7, 11) is 0. The molecular weight excluding hydrogens is 306 g/mol. The van der Waals surface area contributed by atoms with Gasteiger partial charge in [-0.2, -0.15) is 0 Å². The van der Waals surface area contributed by atoms with Gasteiger partial charge in [-0.25, -0.2) is 0 Å². The molecular formula is C14H20BrN3O. The monoisotopic (exact) mass is 325 g/mol. The SMILES string of the molecule is CCn1cc(Br)cc1C(=O)N1C[C@@H]2CCCN[C@@H]2C1. The zero-order valence-corrected chi connectivity index (χ0v) is 12.8. The van der Waals surface area contributed by atoms with Crippen molar-refractivity contribution >= 4 is 21.8 Å². The van der Waals surface area contributed by atoms with Crippen LogP contribution >= 0.6 is 15.9 Å². The van der Waals surface area contributed by atoms with E-state index in [1.54, 1.807) is 0 Å². The van der Waals surface area contributed by atoms with Gasteiger partial charge in [0.15, 0.2) is 0 Å². The van der Waals surface area contributed by atoms with E-state index in [1.165, 1.54) is 12.8 Å². The number of hydrogen-bond acceptors (Lipinski definition) is 2. The number of piperidine rings is 1. The zero-order chi connectivity index (χ0) is 13.4. The van der Waals surface area contributed by atoms with Crippen LogP contribution in [0.15, 0.2) is 16.7 Å². The van der Waals surface area contributed by atoms with E-state index in [0.29, 0.717) is 12.0 Å². The van der Waals surface area contributed by atoms with Gasteiger partial charge in [0.25, 0.3) is 5.91 Å². The quantitative estimate of drug-likeness (QED) is 0.904. The predicted octanol–water partition coefficient (Wildman–Crippen LogP) is 2.09. The fraction of sp³-hybridized carbons (Fsp3) is 0.643. The Morgan fingerprint density at radius 3 is 3.11 bits per heavy atom. The van der Waals surface area contributed by atoms with E-state index in [9.17, 15) is 4.79 Å². The van der Waals surface area contributed by atoms with Crippen molar-refractivity contribution in [3.63, 3.8) is 0 Å². The summed E-state index contributed by atoms with van der Waals surface area (Å²) in [5, 5.41) is 3.54. The molecule has 5 heteroatoms. The summed E-state index contributed by atoms with van der Waals surface area (Å²) in [6, 6.07) is 2.44. The summed E-state index contributed by atoms with van der Waals surface area (Å²) < 4.78 is 2.99. The number of aromatic nitrogens is 1. The van der Waals surface area contributed by atoms with Gasteiger partial charge in [0, 0.05) is 36.3 Å². The normalized spacial score (nSPS) is 26.5. The highest BCUT2D eigenvalue weighted by Crippen LogP contribution is 2.27. The molecule has 4 nitrogen and oxygen atoms in total. The molecule has 1 aromatic heterocycles. The lowest BCUT2D eigenvalue weighted by atomic mass is 9.94. The Hall–Kier alpha value is -0.810. The molecule has 0 aliphatic carbocycles. The first kappa shape index (κ1) is 13.2. The Labute approximate surface area is 122 Å². The van der Waals surface area contributed by atoms with Crippen LogP contribution in [0.2, 0.25) is 0 Å². The van der Waals surface area contributed by atoms with Gasteiger partial charge >= 0.3 is 0 Å². The predicted molar refractivity (Wildman–Crippen MR) is 78.2 cm³/mol. The van der Waals surface area contributed by atoms with Crippen LogP contribution in [-0.4, -0.2) is 41.1 Å². The Balaban J connectivity index is 1.77. The van der Waals surface area contributed by atoms with E-state index in [1.807, 2.05) is 21.7 Å². The highest BCUT2D eigenvalue weighted by Gasteiger charge is 2.37. The first-order valence-corrected chi connectivity index (χ1v) is 7.86. The number of halogens is 1. The lowest BCUT2D eigenvalue weighted by Crippen LogP contribution is -2.41. The Bertz CT molecular complexity index is 471. The Morgan fingerprint density at radius 1 is 1.53 bits per heavy atom. The third-order valence-corrected chi connectivity index (χ3v) is 4.74. The summed E-state index contributed by atoms with van der Waals surface area (Å²) >= 11 is 3.46. The number of nitrogens with zero attached hydrogens (tertiary/aromatic N) is 2. The standard InChI is InChI=1S/C14H20BrN3O/c1-2-17-8-11(15)6-13(17)14(19)18-7-10-4-3-5-16-12(10)9-18/h6,8,10,12,16H,2-5,7,9H2,1H3/t10-,12+/m0/s1. The summed E-state index contributed by atoms with van der Waals surface area (Å²) in [6.45, 7) is 5.75. The molecule has 1 aromatic rings. The minimum atomic E-state index is 0.170. The number of hydrogen-bond donors (Lipinski definition) is 1. The molecule has 2 aliphatic heterocycles. The van der Waals surface area contributed by atoms with Gasteiger partial charge in [0.1, 0.15) is 5.69 Å². The summed E-state index contributed by atoms with van der Waals surface area (Å²) in [4.78, 5) is 14.7. The van der Waals surface area contributed by atoms with E-state index in [0.717, 1.165) is 36.3 Å². The minimum absolute atomic E-state index is 0.170. The highest BCUT2D eigenvalue weighted by atomic mass is 79.9. The van der Waals surface area contributed by atoms with Crippen LogP contribution in [0, 0.1) is 5.92 Å². The van der Waals surface area contributed by atoms with Gasteiger partial charge in [-0.15, -0.1) is 0 Å². The number of amides is 1. The molecule has 19 heavy (non-hydrogen) atoms. The maximum atomic E-state index is 12.6. The Kier molecular flexibility index (Phi) is 3.67. The fourth-order valence-corrected chi connectivity index (χ4v) is 3.75. The topological polar surface area (TPSA) is 37.3 Å². The number of likely N-dealkylation sites (tertiary alicyclic amines) is 1. The van der Waals surface area contributed by atoms with Gasteiger partial charge in [-0.05, 0) is 54.2 Å². The molecule has 3 rings (SSSR count). The van der Waals surface area contributed by atoms with Gasteiger partial charge in [-0.1, -0.05) is 0 Å². The number of nitrogens with one attached hydrogen (secondary N) is 1. The molecule has 0 unspecified atom stereocenters. The summed E-state index contributed by atoms with van der Waals surface area (Å²) in [6.07, 6.45) is 4.47. The third kappa shape index (κ3) is 2.46. The van der Waals surface area contributed by atoms with Crippen molar-refractivity contribution in [2.24, 2.45) is 5.92 Å². The van der Waals surface area contributed by atoms with Crippen molar-refractivity contribution in [2.75, 3.05) is 19.6 Å². The van der Waals surface area contributed by atoms with Crippen LogP contribution < -0.4 is 5.32 Å². The second kappa shape index (κ2) is 5.29. The minimum Gasteiger partial charge on any atom is -0.343 e. The maximum Gasteiger partial charge on any atom is 0.270 e. The van der Waals surface area contributed by atoms with Gasteiger partial charge in [-0.3, -0.25) is 4.79 Å². The first-order chi connectivity index (χ1) is 9.19. The number of fused-ring (bicyclic) bond motifs is 1. The number of carbonyl (C=O) groups is 1. The van der Waals surface area contributed by atoms with Crippen molar-refractivity contribution in [3.05, 3.63) is 22.4 Å². The lowest BCUT2D eigenvalue weighted by molar-refractivity contribution is 0.0775. The van der Waals surface area contributed by atoms with Crippen LogP contribution in [0.4, 0.5) is 0 Å². The van der Waals surface area contributed by atoms with Crippen LogP contribution in [0.25, 0.3) is 0 Å². The van der Waals surface area contributed by atoms with Crippen molar-refractivity contribution < 1.29 is 4.79 Å². The average molecular weight is 326 g/mol. The highest BCUT2D eigenvalue weighted by molar-refractivity contribution is 9.10. The fourth-order valence-electron chi connectivity index (χ4n) is 3.29. The van der Waals surface area contributed by atoms with E-state index >= 15 is 0 Å². The molecule has 0 saturated carbocycles. The molecule has 2 fully saturated rings. The lowest BCUT2D eigenvalue weighted by Gasteiger charge is -2.24. The molecule has 1 N–H and O–H groups in total. The van der Waals surface area contributed by atoms with Crippen LogP contribution in [-0.2, 0) is 6.54 Å². The smallest absolute Gasteiger partial charge is 0.270 e. The van der Waals surface area contributed by atoms with Gasteiger partial charge < -0.3 is 14.8 Å². The molecule has 0 spiro atoms. The second-order valence-electron chi connectivity index (χ2n) is 5.50. The second-order valence-corrected chi connectivity index (χ2v) is 6.42. The number of carbonyl (C=O) groups excluding carboxylic acids is 1. The molecule has 0 radical (unpaired) electrons. The molecule has 1 amide bonds. The van der Waals surface area contributed by atoms with Crippen LogP contribution in [0.1, 0.15) is 30.3 Å². The molecule has 0 aromatic carbocycles. The largest absolute Gasteiger partial charge is 0.343 e. The summed E-state index contributed by atoms with van der Waals surface area (Å²) in [5.41, 5.74) is 0.799.